The highest BCUT2D eigenvalue weighted by molar-refractivity contribution is 5.74. The molecule has 0 amide bonds. The van der Waals surface area contributed by atoms with E-state index in [9.17, 15) is 4.79 Å². The Balaban J connectivity index is 1.87. The fourth-order valence-electron chi connectivity index (χ4n) is 1.83. The Kier molecular flexibility index (Phi) is 5.63. The maximum Gasteiger partial charge on any atom is 0.347 e. The minimum Gasteiger partial charge on any atom is -0.479 e. The highest BCUT2D eigenvalue weighted by atomic mass is 16.6. The van der Waals surface area contributed by atoms with Crippen molar-refractivity contribution in [2.45, 2.75) is 39.5 Å². The molecule has 23 heavy (non-hydrogen) atoms. The average molecular weight is 315 g/mol. The predicted octanol–water partition coefficient (Wildman–Crippen LogP) is 1.47. The molecule has 0 saturated heterocycles. The summed E-state index contributed by atoms with van der Waals surface area (Å²) in [6.45, 7) is 4.25. The third-order valence-electron chi connectivity index (χ3n) is 3.01. The molecule has 0 saturated carbocycles. The molecule has 1 atom stereocenters. The third kappa shape index (κ3) is 4.51. The first-order chi connectivity index (χ1) is 11.1. The summed E-state index contributed by atoms with van der Waals surface area (Å²) in [6, 6.07) is 8.51. The first-order valence-corrected chi connectivity index (χ1v) is 7.22. The number of tetrazole rings is 1. The lowest BCUT2D eigenvalue weighted by Crippen LogP contribution is -2.26. The first kappa shape index (κ1) is 16.4. The molecule has 0 aliphatic heterocycles. The highest BCUT2D eigenvalue weighted by Gasteiger charge is 2.18. The van der Waals surface area contributed by atoms with Crippen molar-refractivity contribution in [3.63, 3.8) is 0 Å². The van der Waals surface area contributed by atoms with Crippen LogP contribution in [0.3, 0.4) is 0 Å². The second-order valence-electron chi connectivity index (χ2n) is 4.82. The molecule has 8 nitrogen and oxygen atoms in total. The number of aromatic nitrogens is 4. The summed E-state index contributed by atoms with van der Waals surface area (Å²) in [5, 5.41) is 19.9. The quantitative estimate of drug-likeness (QED) is 0.712. The van der Waals surface area contributed by atoms with Crippen LogP contribution in [0.2, 0.25) is 0 Å². The van der Waals surface area contributed by atoms with Gasteiger partial charge in [0.25, 0.3) is 0 Å². The first-order valence-electron chi connectivity index (χ1n) is 7.22. The fourth-order valence-corrected chi connectivity index (χ4v) is 1.83. The number of carbonyl (C=O) groups is 1. The van der Waals surface area contributed by atoms with Crippen LogP contribution < -0.4 is 4.74 Å². The zero-order valence-electron chi connectivity index (χ0n) is 13.0. The van der Waals surface area contributed by atoms with Crippen molar-refractivity contribution in [1.29, 1.82) is 5.26 Å². The molecule has 0 spiro atoms. The molecular formula is C15H17N5O3. The van der Waals surface area contributed by atoms with Gasteiger partial charge in [0.15, 0.2) is 18.5 Å². The van der Waals surface area contributed by atoms with Gasteiger partial charge in [-0.1, -0.05) is 6.92 Å². The summed E-state index contributed by atoms with van der Waals surface area (Å²) in [5.41, 5.74) is 0.523. The Bertz CT molecular complexity index is 690. The van der Waals surface area contributed by atoms with E-state index in [-0.39, 0.29) is 6.61 Å². The third-order valence-corrected chi connectivity index (χ3v) is 3.01. The Morgan fingerprint density at radius 1 is 1.39 bits per heavy atom. The van der Waals surface area contributed by atoms with Gasteiger partial charge in [0.1, 0.15) is 5.75 Å². The average Bonchev–Trinajstić information content (AvgIpc) is 3.01. The van der Waals surface area contributed by atoms with Crippen molar-refractivity contribution < 1.29 is 14.3 Å². The van der Waals surface area contributed by atoms with Crippen LogP contribution in [-0.2, 0) is 22.7 Å². The van der Waals surface area contributed by atoms with E-state index in [1.165, 1.54) is 0 Å². The summed E-state index contributed by atoms with van der Waals surface area (Å²) >= 11 is 0. The van der Waals surface area contributed by atoms with Crippen molar-refractivity contribution in [1.82, 2.24) is 20.2 Å². The lowest BCUT2D eigenvalue weighted by molar-refractivity contribution is -0.152. The van der Waals surface area contributed by atoms with Gasteiger partial charge in [0.2, 0.25) is 0 Å². The Hall–Kier alpha value is -2.95. The van der Waals surface area contributed by atoms with E-state index in [4.69, 9.17) is 14.7 Å². The molecule has 0 bridgehead atoms. The zero-order valence-corrected chi connectivity index (χ0v) is 13.0. The van der Waals surface area contributed by atoms with Crippen LogP contribution in [0, 0.1) is 11.3 Å². The van der Waals surface area contributed by atoms with Crippen LogP contribution in [0.25, 0.3) is 0 Å². The number of hydrogen-bond acceptors (Lipinski definition) is 7. The number of hydrogen-bond donors (Lipinski definition) is 0. The number of esters is 1. The van der Waals surface area contributed by atoms with Gasteiger partial charge in [-0.15, -0.1) is 5.10 Å². The number of ether oxygens (including phenoxy) is 2. The molecule has 0 aliphatic carbocycles. The Morgan fingerprint density at radius 3 is 2.78 bits per heavy atom. The van der Waals surface area contributed by atoms with E-state index >= 15 is 0 Å². The number of nitriles is 1. The van der Waals surface area contributed by atoms with E-state index in [1.54, 1.807) is 35.9 Å². The molecule has 0 unspecified atom stereocenters. The Labute approximate surface area is 133 Å². The molecular weight excluding hydrogens is 298 g/mol. The van der Waals surface area contributed by atoms with Gasteiger partial charge in [-0.25, -0.2) is 9.48 Å². The van der Waals surface area contributed by atoms with Gasteiger partial charge in [0, 0.05) is 6.54 Å². The topological polar surface area (TPSA) is 103 Å². The maximum atomic E-state index is 12.0. The van der Waals surface area contributed by atoms with E-state index in [2.05, 4.69) is 15.5 Å². The van der Waals surface area contributed by atoms with Crippen LogP contribution in [-0.4, -0.2) is 32.3 Å². The van der Waals surface area contributed by atoms with E-state index in [0.717, 1.165) is 6.42 Å². The standard InChI is InChI=1S/C15H17N5O3/c1-3-8-20-14(17-18-19-20)10-22-15(21)11(2)23-13-6-4-12(9-16)5-7-13/h4-7,11H,3,8,10H2,1-2H3/t11-/m1/s1. The van der Waals surface area contributed by atoms with Gasteiger partial charge < -0.3 is 9.47 Å². The molecule has 0 aliphatic rings. The molecule has 0 N–H and O–H groups in total. The number of rotatable bonds is 7. The summed E-state index contributed by atoms with van der Waals surface area (Å²) < 4.78 is 12.3. The summed E-state index contributed by atoms with van der Waals surface area (Å²) in [5.74, 6) is 0.468. The maximum absolute atomic E-state index is 12.0. The largest absolute Gasteiger partial charge is 0.479 e. The second kappa shape index (κ2) is 7.89. The van der Waals surface area contributed by atoms with Gasteiger partial charge in [-0.2, -0.15) is 5.26 Å². The molecule has 2 rings (SSSR count). The minimum atomic E-state index is -0.779. The zero-order chi connectivity index (χ0) is 16.7. The molecule has 120 valence electrons. The van der Waals surface area contributed by atoms with Crippen LogP contribution in [0.5, 0.6) is 5.75 Å². The Morgan fingerprint density at radius 2 is 2.13 bits per heavy atom. The smallest absolute Gasteiger partial charge is 0.347 e. The van der Waals surface area contributed by atoms with E-state index in [0.29, 0.717) is 23.7 Å². The summed E-state index contributed by atoms with van der Waals surface area (Å²) in [6.07, 6.45) is 0.0999. The monoisotopic (exact) mass is 315 g/mol. The van der Waals surface area contributed by atoms with Gasteiger partial charge in [0.05, 0.1) is 11.6 Å². The number of aryl methyl sites for hydroxylation is 1. The van der Waals surface area contributed by atoms with Crippen LogP contribution in [0.15, 0.2) is 24.3 Å². The van der Waals surface area contributed by atoms with Crippen molar-refractivity contribution in [3.8, 4) is 11.8 Å². The molecule has 8 heteroatoms. The lowest BCUT2D eigenvalue weighted by Gasteiger charge is -2.13. The molecule has 0 fully saturated rings. The van der Waals surface area contributed by atoms with Gasteiger partial charge in [-0.3, -0.25) is 0 Å². The highest BCUT2D eigenvalue weighted by Crippen LogP contribution is 2.14. The van der Waals surface area contributed by atoms with Gasteiger partial charge >= 0.3 is 5.97 Å². The number of carbonyl (C=O) groups excluding carboxylic acids is 1. The lowest BCUT2D eigenvalue weighted by atomic mass is 10.2. The SMILES string of the molecule is CCCn1nnnc1COC(=O)[C@@H](C)Oc1ccc(C#N)cc1. The summed E-state index contributed by atoms with van der Waals surface area (Å²) in [7, 11) is 0. The van der Waals surface area contributed by atoms with Crippen molar-refractivity contribution in [2.24, 2.45) is 0 Å². The summed E-state index contributed by atoms with van der Waals surface area (Å²) in [4.78, 5) is 12.0. The molecule has 2 aromatic rings. The predicted molar refractivity (Wildman–Crippen MR) is 79.2 cm³/mol. The van der Waals surface area contributed by atoms with Crippen LogP contribution in [0.4, 0.5) is 0 Å². The molecule has 1 heterocycles. The molecule has 1 aromatic heterocycles. The van der Waals surface area contributed by atoms with E-state index in [1.807, 2.05) is 13.0 Å². The second-order valence-corrected chi connectivity index (χ2v) is 4.82. The van der Waals surface area contributed by atoms with Crippen molar-refractivity contribution >= 4 is 5.97 Å². The van der Waals surface area contributed by atoms with Crippen LogP contribution >= 0.6 is 0 Å². The van der Waals surface area contributed by atoms with E-state index < -0.39 is 12.1 Å². The van der Waals surface area contributed by atoms with Crippen molar-refractivity contribution in [2.75, 3.05) is 0 Å². The normalized spacial score (nSPS) is 11.5. The minimum absolute atomic E-state index is 0.00704. The number of benzene rings is 1. The van der Waals surface area contributed by atoms with Crippen LogP contribution in [0.1, 0.15) is 31.7 Å². The fraction of sp³-hybridized carbons (Fsp3) is 0.400. The molecule has 1 aromatic carbocycles. The van der Waals surface area contributed by atoms with Gasteiger partial charge in [-0.05, 0) is 48.0 Å². The number of nitrogens with zero attached hydrogens (tertiary/aromatic N) is 5. The van der Waals surface area contributed by atoms with Crippen molar-refractivity contribution in [3.05, 3.63) is 35.7 Å². The molecule has 0 radical (unpaired) electrons.